The van der Waals surface area contributed by atoms with Gasteiger partial charge in [-0.05, 0) is 25.8 Å². The molecule has 1 saturated carbocycles. The van der Waals surface area contributed by atoms with Crippen molar-refractivity contribution in [3.8, 4) is 5.75 Å². The van der Waals surface area contributed by atoms with Gasteiger partial charge in [0.15, 0.2) is 0 Å². The number of aliphatic hydroxyl groups is 1. The zero-order valence-corrected chi connectivity index (χ0v) is 11.4. The lowest BCUT2D eigenvalue weighted by molar-refractivity contribution is -0.0339. The first-order chi connectivity index (χ1) is 9.00. The van der Waals surface area contributed by atoms with Crippen molar-refractivity contribution in [2.75, 3.05) is 6.61 Å². The van der Waals surface area contributed by atoms with Crippen molar-refractivity contribution >= 4 is 0 Å². The highest BCUT2D eigenvalue weighted by Gasteiger charge is 2.30. The summed E-state index contributed by atoms with van der Waals surface area (Å²) in [5.74, 6) is 0.0871. The molecular weight excluding hydrogens is 245 g/mol. The maximum Gasteiger partial charge on any atom is 0.131 e. The van der Waals surface area contributed by atoms with Crippen molar-refractivity contribution in [2.45, 2.75) is 50.7 Å². The van der Waals surface area contributed by atoms with E-state index in [0.29, 0.717) is 11.3 Å². The van der Waals surface area contributed by atoms with Crippen LogP contribution in [0.4, 0.5) is 4.39 Å². The van der Waals surface area contributed by atoms with Crippen LogP contribution in [0.3, 0.4) is 0 Å². The van der Waals surface area contributed by atoms with Gasteiger partial charge in [0.25, 0.3) is 0 Å². The van der Waals surface area contributed by atoms with Crippen molar-refractivity contribution in [1.29, 1.82) is 0 Å². The number of ether oxygens (including phenoxy) is 1. The summed E-state index contributed by atoms with van der Waals surface area (Å²) >= 11 is 0. The van der Waals surface area contributed by atoms with E-state index in [2.05, 4.69) is 0 Å². The number of hydrogen-bond acceptors (Lipinski definition) is 3. The van der Waals surface area contributed by atoms with E-state index in [0.717, 1.165) is 25.7 Å². The Hall–Kier alpha value is -1.13. The smallest absolute Gasteiger partial charge is 0.131 e. The van der Waals surface area contributed by atoms with E-state index in [1.165, 1.54) is 12.5 Å². The number of hydrogen-bond donors (Lipinski definition) is 2. The molecule has 0 unspecified atom stereocenters. The number of benzene rings is 1. The average Bonchev–Trinajstić information content (AvgIpc) is 2.37. The Labute approximate surface area is 113 Å². The molecule has 0 bridgehead atoms. The van der Waals surface area contributed by atoms with Gasteiger partial charge >= 0.3 is 0 Å². The standard InChI is InChI=1S/C15H22FNO2/c1-11(17)13-6-5-12(9-14(13)16)19-10-15(18)7-3-2-4-8-15/h5-6,9,11,18H,2-4,7-8,10,17H2,1H3/t11-/m1/s1. The van der Waals surface area contributed by atoms with Gasteiger partial charge in [-0.1, -0.05) is 25.3 Å². The molecule has 1 aromatic carbocycles. The molecule has 0 heterocycles. The summed E-state index contributed by atoms with van der Waals surface area (Å²) in [6.07, 6.45) is 4.73. The van der Waals surface area contributed by atoms with Gasteiger partial charge in [-0.2, -0.15) is 0 Å². The maximum absolute atomic E-state index is 13.7. The molecule has 19 heavy (non-hydrogen) atoms. The molecule has 0 amide bonds. The molecule has 0 aromatic heterocycles. The highest BCUT2D eigenvalue weighted by atomic mass is 19.1. The predicted octanol–water partition coefficient (Wildman–Crippen LogP) is 2.92. The van der Waals surface area contributed by atoms with Crippen LogP contribution in [-0.2, 0) is 0 Å². The van der Waals surface area contributed by atoms with E-state index in [-0.39, 0.29) is 18.5 Å². The molecule has 0 aliphatic heterocycles. The molecule has 3 nitrogen and oxygen atoms in total. The van der Waals surface area contributed by atoms with Gasteiger partial charge in [0.2, 0.25) is 0 Å². The summed E-state index contributed by atoms with van der Waals surface area (Å²) < 4.78 is 19.3. The lowest BCUT2D eigenvalue weighted by Crippen LogP contribution is -2.37. The van der Waals surface area contributed by atoms with E-state index in [1.54, 1.807) is 19.1 Å². The second-order valence-electron chi connectivity index (χ2n) is 5.55. The van der Waals surface area contributed by atoms with Crippen molar-refractivity contribution in [3.05, 3.63) is 29.6 Å². The summed E-state index contributed by atoms with van der Waals surface area (Å²) in [4.78, 5) is 0. The zero-order chi connectivity index (χ0) is 13.9. The minimum atomic E-state index is -0.755. The van der Waals surface area contributed by atoms with Gasteiger partial charge in [0.05, 0.1) is 5.60 Å². The van der Waals surface area contributed by atoms with E-state index >= 15 is 0 Å². The Morgan fingerprint density at radius 3 is 2.63 bits per heavy atom. The first-order valence-corrected chi connectivity index (χ1v) is 6.90. The highest BCUT2D eigenvalue weighted by molar-refractivity contribution is 5.30. The van der Waals surface area contributed by atoms with E-state index < -0.39 is 5.60 Å². The fourth-order valence-corrected chi connectivity index (χ4v) is 2.54. The van der Waals surface area contributed by atoms with Crippen molar-refractivity contribution in [1.82, 2.24) is 0 Å². The monoisotopic (exact) mass is 267 g/mol. The van der Waals surface area contributed by atoms with Crippen molar-refractivity contribution in [2.24, 2.45) is 5.73 Å². The minimum Gasteiger partial charge on any atom is -0.490 e. The topological polar surface area (TPSA) is 55.5 Å². The zero-order valence-electron chi connectivity index (χ0n) is 11.4. The summed E-state index contributed by atoms with van der Waals surface area (Å²) in [5, 5.41) is 10.3. The Bertz CT molecular complexity index is 428. The van der Waals surface area contributed by atoms with Gasteiger partial charge < -0.3 is 15.6 Å². The van der Waals surface area contributed by atoms with E-state index in [9.17, 15) is 9.50 Å². The molecule has 4 heteroatoms. The van der Waals surface area contributed by atoms with Gasteiger partial charge in [0.1, 0.15) is 18.2 Å². The quantitative estimate of drug-likeness (QED) is 0.882. The van der Waals surface area contributed by atoms with Crippen LogP contribution in [-0.4, -0.2) is 17.3 Å². The lowest BCUT2D eigenvalue weighted by Gasteiger charge is -2.31. The summed E-state index contributed by atoms with van der Waals surface area (Å²) in [7, 11) is 0. The van der Waals surface area contributed by atoms with Crippen LogP contribution >= 0.6 is 0 Å². The third kappa shape index (κ3) is 3.67. The fourth-order valence-electron chi connectivity index (χ4n) is 2.54. The third-order valence-corrected chi connectivity index (χ3v) is 3.75. The first kappa shape index (κ1) is 14.3. The van der Waals surface area contributed by atoms with Gasteiger partial charge in [-0.3, -0.25) is 0 Å². The van der Waals surface area contributed by atoms with Gasteiger partial charge in [-0.15, -0.1) is 0 Å². The Morgan fingerprint density at radius 1 is 1.37 bits per heavy atom. The Balaban J connectivity index is 1.98. The molecule has 1 fully saturated rings. The molecule has 1 aromatic rings. The van der Waals surface area contributed by atoms with E-state index in [1.807, 2.05) is 0 Å². The van der Waals surface area contributed by atoms with Crippen LogP contribution in [0.2, 0.25) is 0 Å². The second kappa shape index (κ2) is 5.88. The fraction of sp³-hybridized carbons (Fsp3) is 0.600. The average molecular weight is 267 g/mol. The molecule has 0 spiro atoms. The molecule has 0 saturated heterocycles. The van der Waals surface area contributed by atoms with Crippen LogP contribution in [0.25, 0.3) is 0 Å². The van der Waals surface area contributed by atoms with Crippen LogP contribution < -0.4 is 10.5 Å². The van der Waals surface area contributed by atoms with Crippen LogP contribution in [0.15, 0.2) is 18.2 Å². The molecule has 106 valence electrons. The summed E-state index contributed by atoms with van der Waals surface area (Å²) in [6, 6.07) is 4.34. The second-order valence-corrected chi connectivity index (χ2v) is 5.55. The minimum absolute atomic E-state index is 0.226. The molecule has 0 radical (unpaired) electrons. The van der Waals surface area contributed by atoms with Crippen LogP contribution in [0.5, 0.6) is 5.75 Å². The molecule has 2 rings (SSSR count). The SMILES string of the molecule is C[C@@H](N)c1ccc(OCC2(O)CCCCC2)cc1F. The summed E-state index contributed by atoms with van der Waals surface area (Å²) in [6.45, 7) is 1.97. The normalized spacial score (nSPS) is 20.0. The van der Waals surface area contributed by atoms with Gasteiger partial charge in [-0.25, -0.2) is 4.39 Å². The van der Waals surface area contributed by atoms with E-state index in [4.69, 9.17) is 10.5 Å². The molecular formula is C15H22FNO2. The third-order valence-electron chi connectivity index (χ3n) is 3.75. The first-order valence-electron chi connectivity index (χ1n) is 6.90. The molecule has 1 aliphatic rings. The van der Waals surface area contributed by atoms with Crippen LogP contribution in [0, 0.1) is 5.82 Å². The lowest BCUT2D eigenvalue weighted by atomic mass is 9.85. The number of nitrogens with two attached hydrogens (primary N) is 1. The highest BCUT2D eigenvalue weighted by Crippen LogP contribution is 2.29. The van der Waals surface area contributed by atoms with Gasteiger partial charge in [0, 0.05) is 17.7 Å². The largest absolute Gasteiger partial charge is 0.490 e. The summed E-state index contributed by atoms with van der Waals surface area (Å²) in [5.41, 5.74) is 5.38. The molecule has 1 atom stereocenters. The molecule has 1 aliphatic carbocycles. The Kier molecular flexibility index (Phi) is 4.42. The number of halogens is 1. The predicted molar refractivity (Wildman–Crippen MR) is 72.5 cm³/mol. The maximum atomic E-state index is 13.7. The number of rotatable bonds is 4. The van der Waals surface area contributed by atoms with Crippen molar-refractivity contribution < 1.29 is 14.2 Å². The Morgan fingerprint density at radius 2 is 2.05 bits per heavy atom. The molecule has 3 N–H and O–H groups in total. The van der Waals surface area contributed by atoms with Crippen molar-refractivity contribution in [3.63, 3.8) is 0 Å². The van der Waals surface area contributed by atoms with Crippen LogP contribution in [0.1, 0.15) is 50.6 Å².